The summed E-state index contributed by atoms with van der Waals surface area (Å²) in [6, 6.07) is 0. The largest absolute Gasteiger partial charge is 0.469 e. The molecule has 0 aliphatic rings. The molecule has 0 aromatic carbocycles. The Kier molecular flexibility index (Phi) is 15.1. The fraction of sp³-hybridized carbons (Fsp3) is 0.500. The molecule has 4 nitrogen and oxygen atoms in total. The zero-order valence-corrected chi connectivity index (χ0v) is 17.2. The van der Waals surface area contributed by atoms with Crippen molar-refractivity contribution in [2.24, 2.45) is 0 Å². The lowest BCUT2D eigenvalue weighted by Gasteiger charge is -2.17. The van der Waals surface area contributed by atoms with E-state index in [1.54, 1.807) is 24.2 Å². The van der Waals surface area contributed by atoms with E-state index in [9.17, 15) is 9.90 Å². The number of methoxy groups -OCH3 is 2. The summed E-state index contributed by atoms with van der Waals surface area (Å²) >= 11 is 6.60. The summed E-state index contributed by atoms with van der Waals surface area (Å²) in [7, 11) is 2.93. The Bertz CT molecular complexity index is 501. The summed E-state index contributed by atoms with van der Waals surface area (Å²) in [6.45, 7) is 0. The van der Waals surface area contributed by atoms with Gasteiger partial charge in [0.05, 0.1) is 13.2 Å². The second-order valence-corrected chi connectivity index (χ2v) is 6.28. The van der Waals surface area contributed by atoms with Gasteiger partial charge in [0, 0.05) is 24.4 Å². The molecule has 0 bridgehead atoms. The molecule has 0 aliphatic carbocycles. The van der Waals surface area contributed by atoms with E-state index in [0.29, 0.717) is 25.7 Å². The minimum atomic E-state index is -0.600. The molecule has 0 rings (SSSR count). The van der Waals surface area contributed by atoms with Gasteiger partial charge in [0.25, 0.3) is 0 Å². The Morgan fingerprint density at radius 1 is 1.38 bits per heavy atom. The molecule has 0 radical (unpaired) electrons. The van der Waals surface area contributed by atoms with Crippen LogP contribution in [0.25, 0.3) is 0 Å². The highest BCUT2D eigenvalue weighted by atomic mass is 79.9. The van der Waals surface area contributed by atoms with Crippen LogP contribution < -0.4 is 0 Å². The molecule has 0 saturated carbocycles. The lowest BCUT2D eigenvalue weighted by Crippen LogP contribution is -2.25. The lowest BCUT2D eigenvalue weighted by molar-refractivity contribution is -0.140. The number of ether oxygens (including phenoxy) is 2. The summed E-state index contributed by atoms with van der Waals surface area (Å²) in [5.74, 6) is 5.61. The predicted octanol–water partition coefficient (Wildman–Crippen LogP) is 4.23. The Balaban J connectivity index is 4.20. The number of rotatable bonds is 10. The average molecular weight is 464 g/mol. The smallest absolute Gasteiger partial charge is 0.305 e. The predicted molar refractivity (Wildman–Crippen MR) is 104 cm³/mol. The highest BCUT2D eigenvalue weighted by Gasteiger charge is 2.14. The molecule has 1 N–H and O–H groups in total. The Hall–Kier alpha value is -0.870. The van der Waals surface area contributed by atoms with Crippen molar-refractivity contribution in [2.45, 2.75) is 44.3 Å². The molecule has 0 aromatic rings. The Morgan fingerprint density at radius 3 is 2.75 bits per heavy atom. The monoisotopic (exact) mass is 462 g/mol. The zero-order chi connectivity index (χ0) is 18.2. The molecule has 2 atom stereocenters. The van der Waals surface area contributed by atoms with Gasteiger partial charge < -0.3 is 14.6 Å². The number of hydrogen-bond donors (Lipinski definition) is 1. The molecule has 0 spiro atoms. The van der Waals surface area contributed by atoms with Gasteiger partial charge in [-0.25, -0.2) is 0 Å². The van der Waals surface area contributed by atoms with Gasteiger partial charge in [-0.15, -0.1) is 0 Å². The SMILES string of the molecule is COC(=O)CCCC#C/C=C/[C@H](OC)[C@H](O)CC/C=C(Br)/C=C\Br. The first-order chi connectivity index (χ1) is 11.5. The first kappa shape index (κ1) is 23.1. The summed E-state index contributed by atoms with van der Waals surface area (Å²) in [6.07, 6.45) is 9.27. The van der Waals surface area contributed by atoms with Crippen molar-refractivity contribution < 1.29 is 19.4 Å². The molecular weight excluding hydrogens is 440 g/mol. The number of carbonyl (C=O) groups is 1. The van der Waals surface area contributed by atoms with Crippen LogP contribution in [0.4, 0.5) is 0 Å². The third-order valence-electron chi connectivity index (χ3n) is 3.06. The Morgan fingerprint density at radius 2 is 2.12 bits per heavy atom. The fourth-order valence-electron chi connectivity index (χ4n) is 1.75. The maximum Gasteiger partial charge on any atom is 0.305 e. The third kappa shape index (κ3) is 12.5. The second-order valence-electron chi connectivity index (χ2n) is 4.84. The van der Waals surface area contributed by atoms with Gasteiger partial charge >= 0.3 is 5.97 Å². The maximum atomic E-state index is 10.9. The van der Waals surface area contributed by atoms with Crippen LogP contribution in [0.1, 0.15) is 32.1 Å². The number of allylic oxidation sites excluding steroid dienone is 4. The maximum absolute atomic E-state index is 10.9. The number of halogens is 2. The number of carbonyl (C=O) groups excluding carboxylic acids is 1. The fourth-order valence-corrected chi connectivity index (χ4v) is 2.75. The molecule has 0 fully saturated rings. The molecule has 0 aromatic heterocycles. The van der Waals surface area contributed by atoms with Crippen LogP contribution >= 0.6 is 31.9 Å². The normalized spacial score (nSPS) is 14.5. The number of aliphatic hydroxyl groups excluding tert-OH is 1. The van der Waals surface area contributed by atoms with Gasteiger partial charge in [-0.1, -0.05) is 49.8 Å². The summed E-state index contributed by atoms with van der Waals surface area (Å²) in [5, 5.41) is 10.1. The molecule has 134 valence electrons. The van der Waals surface area contributed by atoms with Gasteiger partial charge in [0.15, 0.2) is 0 Å². The highest BCUT2D eigenvalue weighted by molar-refractivity contribution is 9.12. The van der Waals surface area contributed by atoms with Crippen molar-refractivity contribution in [1.82, 2.24) is 0 Å². The standard InChI is InChI=1S/C18H24Br2O4/c1-23-17(16(21)10-8-9-15(20)13-14-19)11-6-4-3-5-7-12-18(22)24-2/h6,9,11,13-14,16-17,21H,5,7-8,10,12H2,1-2H3/b11-6+,14-13-,15-9-/t16-,17+/m1/s1. The van der Waals surface area contributed by atoms with Crippen LogP contribution in [0.15, 0.2) is 33.8 Å². The molecule has 6 heteroatoms. The van der Waals surface area contributed by atoms with E-state index in [-0.39, 0.29) is 5.97 Å². The second kappa shape index (κ2) is 15.6. The van der Waals surface area contributed by atoms with Crippen molar-refractivity contribution in [3.05, 3.63) is 33.8 Å². The van der Waals surface area contributed by atoms with Gasteiger partial charge in [0.1, 0.15) is 6.10 Å². The van der Waals surface area contributed by atoms with E-state index in [0.717, 1.165) is 10.9 Å². The van der Waals surface area contributed by atoms with Crippen LogP contribution in [-0.4, -0.2) is 37.5 Å². The first-order valence-corrected chi connectivity index (χ1v) is 9.31. The van der Waals surface area contributed by atoms with Crippen molar-refractivity contribution >= 4 is 37.8 Å². The van der Waals surface area contributed by atoms with Crippen LogP contribution in [0, 0.1) is 11.8 Å². The molecule has 0 aliphatic heterocycles. The number of unbranched alkanes of at least 4 members (excludes halogenated alkanes) is 1. The number of aliphatic hydroxyl groups is 1. The van der Waals surface area contributed by atoms with E-state index < -0.39 is 12.2 Å². The topological polar surface area (TPSA) is 55.8 Å². The van der Waals surface area contributed by atoms with E-state index in [1.165, 1.54) is 7.11 Å². The Labute approximate surface area is 161 Å². The first-order valence-electron chi connectivity index (χ1n) is 7.60. The van der Waals surface area contributed by atoms with E-state index in [1.807, 2.05) is 12.2 Å². The third-order valence-corrected chi connectivity index (χ3v) is 3.91. The molecule has 0 heterocycles. The summed E-state index contributed by atoms with van der Waals surface area (Å²) in [4.78, 5) is 12.7. The average Bonchev–Trinajstić information content (AvgIpc) is 2.57. The van der Waals surface area contributed by atoms with Crippen molar-refractivity contribution in [3.8, 4) is 11.8 Å². The van der Waals surface area contributed by atoms with Gasteiger partial charge in [-0.2, -0.15) is 0 Å². The molecule has 0 saturated heterocycles. The van der Waals surface area contributed by atoms with E-state index in [4.69, 9.17) is 4.74 Å². The molecule has 0 unspecified atom stereocenters. The van der Waals surface area contributed by atoms with E-state index >= 15 is 0 Å². The van der Waals surface area contributed by atoms with Crippen molar-refractivity contribution in [3.63, 3.8) is 0 Å². The van der Waals surface area contributed by atoms with Crippen molar-refractivity contribution in [1.29, 1.82) is 0 Å². The van der Waals surface area contributed by atoms with Crippen molar-refractivity contribution in [2.75, 3.05) is 14.2 Å². The minimum absolute atomic E-state index is 0.220. The quantitative estimate of drug-likeness (QED) is 0.228. The zero-order valence-electron chi connectivity index (χ0n) is 14.0. The molecule has 0 amide bonds. The van der Waals surface area contributed by atoms with Gasteiger partial charge in [0.2, 0.25) is 0 Å². The summed E-state index contributed by atoms with van der Waals surface area (Å²) in [5.41, 5.74) is 0. The van der Waals surface area contributed by atoms with Crippen LogP contribution in [0.3, 0.4) is 0 Å². The molecule has 24 heavy (non-hydrogen) atoms. The number of esters is 1. The number of hydrogen-bond acceptors (Lipinski definition) is 4. The van der Waals surface area contributed by atoms with Crippen LogP contribution in [0.2, 0.25) is 0 Å². The summed E-state index contributed by atoms with van der Waals surface area (Å²) < 4.78 is 10.8. The molecular formula is C18H24Br2O4. The highest BCUT2D eigenvalue weighted by Crippen LogP contribution is 2.13. The van der Waals surface area contributed by atoms with E-state index in [2.05, 4.69) is 48.4 Å². The van der Waals surface area contributed by atoms with Gasteiger partial charge in [-0.05, 0) is 42.5 Å². The lowest BCUT2D eigenvalue weighted by atomic mass is 10.1. The van der Waals surface area contributed by atoms with Gasteiger partial charge in [-0.3, -0.25) is 4.79 Å². The van der Waals surface area contributed by atoms with Crippen LogP contribution in [0.5, 0.6) is 0 Å². The minimum Gasteiger partial charge on any atom is -0.469 e. The van der Waals surface area contributed by atoms with Crippen LogP contribution in [-0.2, 0) is 14.3 Å².